The number of thiazole rings is 1. The number of amides is 2. The van der Waals surface area contributed by atoms with Crippen LogP contribution in [0.5, 0.6) is 5.75 Å². The smallest absolute Gasteiger partial charge is 0.257 e. The Morgan fingerprint density at radius 2 is 1.68 bits per heavy atom. The molecule has 2 N–H and O–H groups in total. The van der Waals surface area contributed by atoms with Crippen molar-refractivity contribution in [3.8, 4) is 5.75 Å². The lowest BCUT2D eigenvalue weighted by Gasteiger charge is -2.12. The first-order valence-corrected chi connectivity index (χ1v) is 13.4. The first-order valence-electron chi connectivity index (χ1n) is 12.1. The molecule has 0 saturated carbocycles. The molecule has 0 radical (unpaired) electrons. The van der Waals surface area contributed by atoms with Crippen molar-refractivity contribution in [2.45, 2.75) is 19.3 Å². The Kier molecular flexibility index (Phi) is 9.86. The van der Waals surface area contributed by atoms with Crippen molar-refractivity contribution in [1.29, 1.82) is 0 Å². The molecule has 0 aliphatic carbocycles. The number of rotatable bonds is 12. The van der Waals surface area contributed by atoms with Gasteiger partial charge >= 0.3 is 0 Å². The van der Waals surface area contributed by atoms with E-state index >= 15 is 0 Å². The van der Waals surface area contributed by atoms with E-state index in [0.717, 1.165) is 17.5 Å². The Bertz CT molecular complexity index is 1360. The van der Waals surface area contributed by atoms with Gasteiger partial charge in [0.15, 0.2) is 5.13 Å². The minimum absolute atomic E-state index is 0.201. The van der Waals surface area contributed by atoms with Gasteiger partial charge in [-0.2, -0.15) is 0 Å². The highest BCUT2D eigenvalue weighted by atomic mass is 35.5. The molecule has 1 heterocycles. The molecule has 0 saturated heterocycles. The van der Waals surface area contributed by atoms with Crippen LogP contribution in [-0.4, -0.2) is 37.1 Å². The lowest BCUT2D eigenvalue weighted by Crippen LogP contribution is -2.13. The van der Waals surface area contributed by atoms with E-state index in [1.807, 2.05) is 41.8 Å². The van der Waals surface area contributed by atoms with E-state index in [-0.39, 0.29) is 11.8 Å². The van der Waals surface area contributed by atoms with Crippen molar-refractivity contribution in [1.82, 2.24) is 4.98 Å². The van der Waals surface area contributed by atoms with Gasteiger partial charge in [-0.25, -0.2) is 4.98 Å². The maximum atomic E-state index is 12.9. The van der Waals surface area contributed by atoms with Crippen LogP contribution in [0.3, 0.4) is 0 Å². The first kappa shape index (κ1) is 27.3. The average Bonchev–Trinajstić information content (AvgIpc) is 3.43. The molecule has 4 rings (SSSR count). The Labute approximate surface area is 230 Å². The predicted molar refractivity (Wildman–Crippen MR) is 152 cm³/mol. The molecule has 0 atom stereocenters. The summed E-state index contributed by atoms with van der Waals surface area (Å²) in [5, 5.41) is 8.69. The fourth-order valence-electron chi connectivity index (χ4n) is 3.77. The summed E-state index contributed by atoms with van der Waals surface area (Å²) in [4.78, 5) is 29.6. The third-order valence-electron chi connectivity index (χ3n) is 5.64. The Morgan fingerprint density at radius 1 is 0.895 bits per heavy atom. The minimum atomic E-state index is -0.240. The lowest BCUT2D eigenvalue weighted by molar-refractivity contribution is 0.101. The van der Waals surface area contributed by atoms with Crippen LogP contribution in [-0.2, 0) is 17.6 Å². The maximum absolute atomic E-state index is 12.9. The van der Waals surface area contributed by atoms with Gasteiger partial charge in [-0.15, -0.1) is 11.3 Å². The largest absolute Gasteiger partial charge is 0.493 e. The number of nitrogens with one attached hydrogen (secondary N) is 2. The van der Waals surface area contributed by atoms with Gasteiger partial charge in [0, 0.05) is 53.6 Å². The summed E-state index contributed by atoms with van der Waals surface area (Å²) in [6.07, 6.45) is 3.79. The number of anilines is 2. The first-order chi connectivity index (χ1) is 18.5. The Balaban J connectivity index is 1.44. The predicted octanol–water partition coefficient (Wildman–Crippen LogP) is 6.50. The molecule has 3 aromatic carbocycles. The third kappa shape index (κ3) is 8.14. The highest BCUT2D eigenvalue weighted by Gasteiger charge is 2.12. The molecule has 4 aromatic rings. The van der Waals surface area contributed by atoms with E-state index < -0.39 is 0 Å². The number of aryl methyl sites for hydroxylation is 2. The highest BCUT2D eigenvalue weighted by Crippen LogP contribution is 2.22. The third-order valence-corrected chi connectivity index (χ3v) is 6.58. The molecule has 0 bridgehead atoms. The van der Waals surface area contributed by atoms with Gasteiger partial charge in [0.2, 0.25) is 0 Å². The van der Waals surface area contributed by atoms with E-state index in [1.165, 1.54) is 11.3 Å². The number of ether oxygens (including phenoxy) is 2. The van der Waals surface area contributed by atoms with Gasteiger partial charge in [-0.1, -0.05) is 23.7 Å². The Hall–Kier alpha value is -3.72. The number of aromatic nitrogens is 1. The van der Waals surface area contributed by atoms with E-state index in [2.05, 4.69) is 15.6 Å². The van der Waals surface area contributed by atoms with Gasteiger partial charge < -0.3 is 14.8 Å². The van der Waals surface area contributed by atoms with Crippen LogP contribution in [0.2, 0.25) is 5.02 Å². The van der Waals surface area contributed by atoms with Crippen LogP contribution < -0.4 is 15.4 Å². The molecule has 0 aliphatic heterocycles. The lowest BCUT2D eigenvalue weighted by atomic mass is 10.0. The van der Waals surface area contributed by atoms with Crippen molar-refractivity contribution >= 4 is 45.6 Å². The van der Waals surface area contributed by atoms with Crippen molar-refractivity contribution in [3.63, 3.8) is 0 Å². The highest BCUT2D eigenvalue weighted by molar-refractivity contribution is 7.13. The van der Waals surface area contributed by atoms with Crippen LogP contribution in [0.1, 0.15) is 38.3 Å². The van der Waals surface area contributed by atoms with Crippen LogP contribution in [0.25, 0.3) is 0 Å². The molecule has 0 aliphatic rings. The van der Waals surface area contributed by atoms with Crippen molar-refractivity contribution in [2.75, 3.05) is 31.0 Å². The molecule has 7 nitrogen and oxygen atoms in total. The van der Waals surface area contributed by atoms with Crippen LogP contribution in [0.15, 0.2) is 78.3 Å². The summed E-state index contributed by atoms with van der Waals surface area (Å²) in [6.45, 7) is 1.09. The molecule has 2 amide bonds. The summed E-state index contributed by atoms with van der Waals surface area (Å²) in [7, 11) is 1.65. The number of benzene rings is 3. The number of carbonyl (C=O) groups excluding carboxylic acids is 2. The van der Waals surface area contributed by atoms with Gasteiger partial charge in [0.25, 0.3) is 11.8 Å². The summed E-state index contributed by atoms with van der Waals surface area (Å²) in [6, 6.07) is 20.1. The van der Waals surface area contributed by atoms with Gasteiger partial charge in [-0.05, 0) is 78.6 Å². The van der Waals surface area contributed by atoms with Crippen LogP contribution in [0, 0.1) is 0 Å². The minimum Gasteiger partial charge on any atom is -0.493 e. The van der Waals surface area contributed by atoms with Crippen molar-refractivity contribution in [3.05, 3.63) is 106 Å². The SMILES string of the molecule is COCCCOc1cc(CCc2cccc(NC(=O)c3ccc(Cl)cc3)c2)cc(C(=O)Nc2nccs2)c1. The number of hydrogen-bond donors (Lipinski definition) is 2. The standard InChI is InChI=1S/C29H28ClN3O4S/c1-36-13-3-14-37-26-18-21(16-23(19-26)28(35)33-29-31-12-15-38-29)7-6-20-4-2-5-25(17-20)32-27(34)22-8-10-24(30)11-9-22/h2,4-5,8-12,15-19H,3,6-7,13-14H2,1H3,(H,32,34)(H,31,33,35). The number of carbonyl (C=O) groups is 2. The normalized spacial score (nSPS) is 10.7. The maximum Gasteiger partial charge on any atom is 0.257 e. The van der Waals surface area contributed by atoms with Crippen molar-refractivity contribution in [2.24, 2.45) is 0 Å². The van der Waals surface area contributed by atoms with Gasteiger partial charge in [0.05, 0.1) is 6.61 Å². The van der Waals surface area contributed by atoms with Crippen LogP contribution >= 0.6 is 22.9 Å². The summed E-state index contributed by atoms with van der Waals surface area (Å²) in [5.74, 6) is 0.190. The number of hydrogen-bond acceptors (Lipinski definition) is 6. The van der Waals surface area contributed by atoms with Crippen molar-refractivity contribution < 1.29 is 19.1 Å². The molecule has 1 aromatic heterocycles. The summed E-state index contributed by atoms with van der Waals surface area (Å²) >= 11 is 7.28. The van der Waals surface area contributed by atoms with Gasteiger partial charge in [0.1, 0.15) is 5.75 Å². The molecule has 196 valence electrons. The molecule has 0 spiro atoms. The van der Waals surface area contributed by atoms with E-state index in [1.54, 1.807) is 43.6 Å². The number of halogens is 1. The monoisotopic (exact) mass is 549 g/mol. The van der Waals surface area contributed by atoms with E-state index in [4.69, 9.17) is 21.1 Å². The molecule has 9 heteroatoms. The zero-order chi connectivity index (χ0) is 26.7. The second-order valence-electron chi connectivity index (χ2n) is 8.51. The fourth-order valence-corrected chi connectivity index (χ4v) is 4.41. The topological polar surface area (TPSA) is 89.5 Å². The quantitative estimate of drug-likeness (QED) is 0.197. The Morgan fingerprint density at radius 3 is 2.45 bits per heavy atom. The zero-order valence-electron chi connectivity index (χ0n) is 20.9. The van der Waals surface area contributed by atoms with Gasteiger partial charge in [-0.3, -0.25) is 14.9 Å². The van der Waals surface area contributed by atoms with Crippen LogP contribution in [0.4, 0.5) is 10.8 Å². The molecular formula is C29H28ClN3O4S. The number of nitrogens with zero attached hydrogens (tertiary/aromatic N) is 1. The average molecular weight is 550 g/mol. The molecule has 0 fully saturated rings. The molecule has 0 unspecified atom stereocenters. The van der Waals surface area contributed by atoms with E-state index in [9.17, 15) is 9.59 Å². The summed E-state index contributed by atoms with van der Waals surface area (Å²) < 4.78 is 11.0. The zero-order valence-corrected chi connectivity index (χ0v) is 22.5. The summed E-state index contributed by atoms with van der Waals surface area (Å²) in [5.41, 5.74) is 3.77. The van der Waals surface area contributed by atoms with E-state index in [0.29, 0.717) is 58.8 Å². The molecule has 38 heavy (non-hydrogen) atoms. The molecular weight excluding hydrogens is 522 g/mol. The fraction of sp³-hybridized carbons (Fsp3) is 0.207. The number of methoxy groups -OCH3 is 1. The second-order valence-corrected chi connectivity index (χ2v) is 9.84. The second kappa shape index (κ2) is 13.7.